The largest absolute Gasteiger partial charge is 0.484 e. The second kappa shape index (κ2) is 9.14. The molecule has 0 atom stereocenters. The van der Waals surface area contributed by atoms with Crippen LogP contribution in [0.1, 0.15) is 12.8 Å². The van der Waals surface area contributed by atoms with E-state index in [2.05, 4.69) is 10.1 Å². The van der Waals surface area contributed by atoms with Crippen LogP contribution in [0.3, 0.4) is 0 Å². The molecule has 0 saturated carbocycles. The number of aliphatic hydroxyl groups is 1. The number of carbonyl (C=O) groups is 2. The van der Waals surface area contributed by atoms with Gasteiger partial charge in [0, 0.05) is 27.2 Å². The maximum atomic E-state index is 13.1. The highest BCUT2D eigenvalue weighted by Crippen LogP contribution is 2.25. The topological polar surface area (TPSA) is 149 Å². The van der Waals surface area contributed by atoms with E-state index in [-0.39, 0.29) is 24.7 Å². The van der Waals surface area contributed by atoms with E-state index in [0.717, 1.165) is 0 Å². The van der Waals surface area contributed by atoms with Crippen molar-refractivity contribution < 1.29 is 19.4 Å². The van der Waals surface area contributed by atoms with E-state index in [4.69, 9.17) is 10.5 Å². The van der Waals surface area contributed by atoms with E-state index < -0.39 is 11.5 Å². The van der Waals surface area contributed by atoms with Crippen LogP contribution >= 0.6 is 0 Å². The Balaban J connectivity index is 1.51. The molecule has 0 bridgehead atoms. The molecule has 12 heteroatoms. The van der Waals surface area contributed by atoms with E-state index in [1.807, 2.05) is 0 Å². The number of urea groups is 1. The molecule has 3 N–H and O–H groups in total. The second-order valence-electron chi connectivity index (χ2n) is 8.61. The molecule has 1 fully saturated rings. The van der Waals surface area contributed by atoms with Crippen LogP contribution in [0.2, 0.25) is 0 Å². The summed E-state index contributed by atoms with van der Waals surface area (Å²) >= 11 is 0. The molecule has 0 spiro atoms. The molecule has 3 heterocycles. The molecule has 34 heavy (non-hydrogen) atoms. The minimum atomic E-state index is -1.11. The maximum absolute atomic E-state index is 13.1. The molecule has 180 valence electrons. The number of ether oxygens (including phenoxy) is 1. The van der Waals surface area contributed by atoms with Gasteiger partial charge in [-0.25, -0.2) is 14.5 Å². The molecular weight excluding hydrogens is 442 g/mol. The van der Waals surface area contributed by atoms with Crippen molar-refractivity contribution in [3.8, 4) is 11.4 Å². The Morgan fingerprint density at radius 1 is 1.21 bits per heavy atom. The Morgan fingerprint density at radius 3 is 2.50 bits per heavy atom. The van der Waals surface area contributed by atoms with Gasteiger partial charge in [-0.3, -0.25) is 14.2 Å². The second-order valence-corrected chi connectivity index (χ2v) is 8.61. The summed E-state index contributed by atoms with van der Waals surface area (Å²) in [5, 5.41) is 15.7. The quantitative estimate of drug-likeness (QED) is 0.514. The van der Waals surface area contributed by atoms with Crippen LogP contribution in [0.5, 0.6) is 5.75 Å². The van der Waals surface area contributed by atoms with Gasteiger partial charge in [-0.1, -0.05) is 0 Å². The van der Waals surface area contributed by atoms with Gasteiger partial charge in [-0.15, -0.1) is 0 Å². The third kappa shape index (κ3) is 4.71. The molecule has 1 aromatic carbocycles. The fourth-order valence-electron chi connectivity index (χ4n) is 3.96. The van der Waals surface area contributed by atoms with Crippen LogP contribution in [0, 0.1) is 0 Å². The molecule has 3 aromatic rings. The number of benzene rings is 1. The lowest BCUT2D eigenvalue weighted by atomic mass is 9.91. The van der Waals surface area contributed by atoms with Crippen LogP contribution in [0.25, 0.3) is 16.7 Å². The van der Waals surface area contributed by atoms with Gasteiger partial charge in [-0.05, 0) is 37.1 Å². The number of hydrogen-bond donors (Lipinski definition) is 2. The summed E-state index contributed by atoms with van der Waals surface area (Å²) in [5.74, 6) is -0.0965. The van der Waals surface area contributed by atoms with Crippen molar-refractivity contribution in [2.45, 2.75) is 25.0 Å². The Bertz CT molecular complexity index is 1260. The van der Waals surface area contributed by atoms with Crippen molar-refractivity contribution in [2.24, 2.45) is 5.73 Å². The van der Waals surface area contributed by atoms with E-state index in [1.165, 1.54) is 26.7 Å². The lowest BCUT2D eigenvalue weighted by molar-refractivity contribution is -0.119. The van der Waals surface area contributed by atoms with Crippen LogP contribution in [0.15, 0.2) is 41.6 Å². The van der Waals surface area contributed by atoms with Crippen molar-refractivity contribution in [2.75, 3.05) is 33.8 Å². The van der Waals surface area contributed by atoms with Crippen molar-refractivity contribution in [3.63, 3.8) is 0 Å². The van der Waals surface area contributed by atoms with E-state index in [9.17, 15) is 19.5 Å². The Hall–Kier alpha value is -3.93. The summed E-state index contributed by atoms with van der Waals surface area (Å²) in [6.07, 6.45) is 3.57. The average molecular weight is 470 g/mol. The number of hydrogen-bond acceptors (Lipinski definition) is 7. The molecule has 1 saturated heterocycles. The van der Waals surface area contributed by atoms with Crippen LogP contribution in [0.4, 0.5) is 4.79 Å². The van der Waals surface area contributed by atoms with Gasteiger partial charge in [0.2, 0.25) is 0 Å². The summed E-state index contributed by atoms with van der Waals surface area (Å²) in [6.45, 7) is 0.682. The number of likely N-dealkylation sites (tertiary alicyclic amines) is 1. The number of nitrogens with zero attached hydrogens (tertiary/aromatic N) is 6. The van der Waals surface area contributed by atoms with Crippen molar-refractivity contribution >= 4 is 23.0 Å². The van der Waals surface area contributed by atoms with Crippen molar-refractivity contribution in [1.82, 2.24) is 29.1 Å². The van der Waals surface area contributed by atoms with Crippen LogP contribution in [-0.2, 0) is 11.3 Å². The van der Waals surface area contributed by atoms with E-state index in [1.54, 1.807) is 43.3 Å². The monoisotopic (exact) mass is 469 g/mol. The summed E-state index contributed by atoms with van der Waals surface area (Å²) in [6, 6.07) is 6.68. The molecule has 4 rings (SSSR count). The van der Waals surface area contributed by atoms with E-state index in [0.29, 0.717) is 48.4 Å². The molecule has 2 aromatic heterocycles. The number of primary amides is 1. The van der Waals surface area contributed by atoms with Gasteiger partial charge in [0.25, 0.3) is 11.5 Å². The fraction of sp³-hybridized carbons (Fsp3) is 0.409. The van der Waals surface area contributed by atoms with Gasteiger partial charge >= 0.3 is 6.03 Å². The molecule has 0 radical (unpaired) electrons. The molecule has 1 aliphatic rings. The predicted octanol–water partition coefficient (Wildman–Crippen LogP) is -0.0452. The summed E-state index contributed by atoms with van der Waals surface area (Å²) in [7, 11) is 3.38. The highest BCUT2D eigenvalue weighted by atomic mass is 16.5. The predicted molar refractivity (Wildman–Crippen MR) is 123 cm³/mol. The van der Waals surface area contributed by atoms with Crippen molar-refractivity contribution in [3.05, 3.63) is 47.1 Å². The van der Waals surface area contributed by atoms with Gasteiger partial charge in [0.15, 0.2) is 12.3 Å². The summed E-state index contributed by atoms with van der Waals surface area (Å²) in [5.41, 5.74) is 4.70. The highest BCUT2D eigenvalue weighted by Gasteiger charge is 2.35. The first kappa shape index (κ1) is 23.2. The number of aromatic nitrogens is 4. The number of fused-ring (bicyclic) bond motifs is 1. The Morgan fingerprint density at radius 2 is 1.88 bits per heavy atom. The SMILES string of the molecule is CN(C)C(=O)N1CCC(O)(Cn2cnc3c(cnn3-c3ccc(OCC(N)=O)cc3)c2=O)CC1. The minimum Gasteiger partial charge on any atom is -0.484 e. The molecule has 0 aliphatic carbocycles. The molecule has 12 nitrogen and oxygen atoms in total. The summed E-state index contributed by atoms with van der Waals surface area (Å²) < 4.78 is 8.17. The summed E-state index contributed by atoms with van der Waals surface area (Å²) in [4.78, 5) is 43.7. The maximum Gasteiger partial charge on any atom is 0.319 e. The first-order valence-electron chi connectivity index (χ1n) is 10.8. The third-order valence-corrected chi connectivity index (χ3v) is 5.83. The Labute approximate surface area is 195 Å². The van der Waals surface area contributed by atoms with E-state index >= 15 is 0 Å². The Kier molecular flexibility index (Phi) is 6.24. The standard InChI is InChI=1S/C22H27N7O5/c1-26(2)21(32)27-9-7-22(33,8-10-27)13-28-14-24-19-17(20(28)31)11-25-29(19)15-3-5-16(6-4-15)34-12-18(23)30/h3-6,11,14,33H,7-10,12-13H2,1-2H3,(H2,23,30). The normalized spacial score (nSPS) is 15.3. The zero-order valence-electron chi connectivity index (χ0n) is 19.0. The average Bonchev–Trinajstić information content (AvgIpc) is 3.25. The zero-order chi connectivity index (χ0) is 24.5. The lowest BCUT2D eigenvalue weighted by Gasteiger charge is -2.39. The molecule has 1 aliphatic heterocycles. The van der Waals surface area contributed by atoms with Crippen molar-refractivity contribution in [1.29, 1.82) is 0 Å². The number of nitrogens with two attached hydrogens (primary N) is 1. The zero-order valence-corrected chi connectivity index (χ0v) is 19.0. The molecular formula is C22H27N7O5. The van der Waals surface area contributed by atoms with Gasteiger partial charge in [-0.2, -0.15) is 5.10 Å². The minimum absolute atomic E-state index is 0.0792. The molecule has 3 amide bonds. The first-order valence-corrected chi connectivity index (χ1v) is 10.8. The lowest BCUT2D eigenvalue weighted by Crippen LogP contribution is -2.51. The smallest absolute Gasteiger partial charge is 0.319 e. The fourth-order valence-corrected chi connectivity index (χ4v) is 3.96. The highest BCUT2D eigenvalue weighted by molar-refractivity contribution is 5.76. The van der Waals surface area contributed by atoms with Gasteiger partial charge < -0.3 is 25.4 Å². The van der Waals surface area contributed by atoms with Crippen LogP contribution < -0.4 is 16.0 Å². The third-order valence-electron chi connectivity index (χ3n) is 5.83. The number of amides is 3. The van der Waals surface area contributed by atoms with Crippen LogP contribution in [-0.4, -0.2) is 85.6 Å². The number of piperidine rings is 1. The van der Waals surface area contributed by atoms with Gasteiger partial charge in [0.1, 0.15) is 17.5 Å². The molecule has 0 unspecified atom stereocenters. The van der Waals surface area contributed by atoms with Gasteiger partial charge in [0.05, 0.1) is 24.0 Å². The number of carbonyl (C=O) groups excluding carboxylic acids is 2. The first-order chi connectivity index (χ1) is 16.2. The number of rotatable bonds is 6.